The van der Waals surface area contributed by atoms with Crippen LogP contribution < -0.4 is 4.74 Å². The molecular weight excluding hydrogens is 367 g/mol. The first-order chi connectivity index (χ1) is 12.1. The standard InChI is InChI=1S/C16H14ClFN4O2S/c1-2-15-20-21-16(25)22(15)19-8-11-3-4-12(24-11)9-23-10-5-6-14(18)13(17)7-10/h3-8H,2,9H2,1H3,(H,21,25)/b19-8-. The van der Waals surface area contributed by atoms with Crippen molar-refractivity contribution in [3.8, 4) is 5.75 Å². The predicted molar refractivity (Wildman–Crippen MR) is 94.2 cm³/mol. The van der Waals surface area contributed by atoms with Gasteiger partial charge in [0.2, 0.25) is 4.77 Å². The van der Waals surface area contributed by atoms with E-state index in [1.54, 1.807) is 18.3 Å². The molecule has 3 aromatic rings. The average Bonchev–Trinajstić information content (AvgIpc) is 3.20. The Morgan fingerprint density at radius 2 is 2.28 bits per heavy atom. The number of H-pyrrole nitrogens is 1. The lowest BCUT2D eigenvalue weighted by atomic mass is 10.3. The summed E-state index contributed by atoms with van der Waals surface area (Å²) in [5, 5.41) is 11.0. The normalized spacial score (nSPS) is 11.3. The summed E-state index contributed by atoms with van der Waals surface area (Å²) in [5.41, 5.74) is 0. The van der Waals surface area contributed by atoms with Crippen LogP contribution in [0, 0.1) is 10.6 Å². The van der Waals surface area contributed by atoms with Gasteiger partial charge < -0.3 is 9.15 Å². The smallest absolute Gasteiger partial charge is 0.216 e. The molecule has 2 heterocycles. The van der Waals surface area contributed by atoms with Crippen molar-refractivity contribution in [3.05, 3.63) is 63.3 Å². The van der Waals surface area contributed by atoms with Crippen LogP contribution in [0.3, 0.4) is 0 Å². The Kier molecular flexibility index (Phi) is 5.30. The van der Waals surface area contributed by atoms with Crippen molar-refractivity contribution in [2.75, 3.05) is 0 Å². The number of ether oxygens (including phenoxy) is 1. The molecule has 1 aromatic carbocycles. The molecule has 6 nitrogen and oxygen atoms in total. The van der Waals surface area contributed by atoms with Crippen molar-refractivity contribution in [1.82, 2.24) is 14.9 Å². The van der Waals surface area contributed by atoms with Crippen LogP contribution >= 0.6 is 23.8 Å². The van der Waals surface area contributed by atoms with E-state index in [-0.39, 0.29) is 11.6 Å². The number of aromatic nitrogens is 3. The maximum Gasteiger partial charge on any atom is 0.216 e. The number of halogens is 2. The largest absolute Gasteiger partial charge is 0.486 e. The molecule has 25 heavy (non-hydrogen) atoms. The molecule has 0 radical (unpaired) electrons. The number of benzene rings is 1. The van der Waals surface area contributed by atoms with Crippen molar-refractivity contribution < 1.29 is 13.5 Å². The van der Waals surface area contributed by atoms with E-state index in [1.807, 2.05) is 6.92 Å². The minimum atomic E-state index is -0.491. The van der Waals surface area contributed by atoms with Crippen LogP contribution in [0.15, 0.2) is 39.9 Å². The van der Waals surface area contributed by atoms with Gasteiger partial charge in [-0.15, -0.1) is 0 Å². The van der Waals surface area contributed by atoms with E-state index in [9.17, 15) is 4.39 Å². The van der Waals surface area contributed by atoms with Crippen LogP contribution in [0.1, 0.15) is 24.3 Å². The minimum absolute atomic E-state index is 0.00773. The van der Waals surface area contributed by atoms with Gasteiger partial charge >= 0.3 is 0 Å². The van der Waals surface area contributed by atoms with Crippen molar-refractivity contribution in [1.29, 1.82) is 0 Å². The number of furan rings is 1. The highest BCUT2D eigenvalue weighted by Crippen LogP contribution is 2.22. The molecule has 0 fully saturated rings. The van der Waals surface area contributed by atoms with Crippen LogP contribution in [-0.2, 0) is 13.0 Å². The molecule has 0 saturated heterocycles. The van der Waals surface area contributed by atoms with E-state index in [2.05, 4.69) is 15.3 Å². The fourth-order valence-electron chi connectivity index (χ4n) is 2.05. The average molecular weight is 381 g/mol. The lowest BCUT2D eigenvalue weighted by molar-refractivity contribution is 0.269. The lowest BCUT2D eigenvalue weighted by Gasteiger charge is -2.04. The first-order valence-electron chi connectivity index (χ1n) is 7.44. The summed E-state index contributed by atoms with van der Waals surface area (Å²) in [7, 11) is 0. The third-order valence-corrected chi connectivity index (χ3v) is 3.84. The molecule has 2 aromatic heterocycles. The van der Waals surface area contributed by atoms with E-state index >= 15 is 0 Å². The first-order valence-corrected chi connectivity index (χ1v) is 8.22. The van der Waals surface area contributed by atoms with Gasteiger partial charge in [-0.2, -0.15) is 14.9 Å². The lowest BCUT2D eigenvalue weighted by Crippen LogP contribution is -1.97. The highest BCUT2D eigenvalue weighted by molar-refractivity contribution is 7.71. The van der Waals surface area contributed by atoms with Gasteiger partial charge in [-0.25, -0.2) is 4.39 Å². The Morgan fingerprint density at radius 1 is 1.44 bits per heavy atom. The summed E-state index contributed by atoms with van der Waals surface area (Å²) in [6.45, 7) is 2.14. The first kappa shape index (κ1) is 17.4. The molecule has 0 bridgehead atoms. The molecular formula is C16H14ClFN4O2S. The molecule has 0 saturated carbocycles. The van der Waals surface area contributed by atoms with Gasteiger partial charge in [0.05, 0.1) is 11.2 Å². The zero-order valence-electron chi connectivity index (χ0n) is 13.2. The monoisotopic (exact) mass is 380 g/mol. The summed E-state index contributed by atoms with van der Waals surface area (Å²) in [4.78, 5) is 0. The third-order valence-electron chi connectivity index (χ3n) is 3.29. The fourth-order valence-corrected chi connectivity index (χ4v) is 2.42. The number of nitrogens with one attached hydrogen (secondary N) is 1. The summed E-state index contributed by atoms with van der Waals surface area (Å²) >= 11 is 10.8. The van der Waals surface area contributed by atoms with Gasteiger partial charge in [0.25, 0.3) is 0 Å². The zero-order valence-corrected chi connectivity index (χ0v) is 14.8. The van der Waals surface area contributed by atoms with Crippen molar-refractivity contribution in [2.45, 2.75) is 20.0 Å². The quantitative estimate of drug-likeness (QED) is 0.510. The fraction of sp³-hybridized carbons (Fsp3) is 0.188. The number of hydrogen-bond acceptors (Lipinski definition) is 5. The van der Waals surface area contributed by atoms with Crippen molar-refractivity contribution in [2.24, 2.45) is 5.10 Å². The Hall–Kier alpha value is -2.45. The minimum Gasteiger partial charge on any atom is -0.486 e. The molecule has 0 aliphatic heterocycles. The van der Waals surface area contributed by atoms with Crippen LogP contribution in [0.25, 0.3) is 0 Å². The van der Waals surface area contributed by atoms with Crippen molar-refractivity contribution >= 4 is 30.0 Å². The van der Waals surface area contributed by atoms with Crippen LogP contribution in [0.2, 0.25) is 5.02 Å². The maximum absolute atomic E-state index is 13.1. The molecule has 0 atom stereocenters. The number of rotatable bonds is 6. The van der Waals surface area contributed by atoms with Crippen LogP contribution in [-0.4, -0.2) is 21.1 Å². The van der Waals surface area contributed by atoms with Crippen LogP contribution in [0.4, 0.5) is 4.39 Å². The maximum atomic E-state index is 13.1. The van der Waals surface area contributed by atoms with Crippen LogP contribution in [0.5, 0.6) is 5.75 Å². The van der Waals surface area contributed by atoms with Crippen molar-refractivity contribution in [3.63, 3.8) is 0 Å². The number of aromatic amines is 1. The highest BCUT2D eigenvalue weighted by atomic mass is 35.5. The summed E-state index contributed by atoms with van der Waals surface area (Å²) in [5.74, 6) is 1.82. The van der Waals surface area contributed by atoms with E-state index in [0.717, 1.165) is 5.82 Å². The number of aryl methyl sites for hydroxylation is 1. The number of nitrogens with zero attached hydrogens (tertiary/aromatic N) is 3. The third kappa shape index (κ3) is 4.15. The number of hydrogen-bond donors (Lipinski definition) is 1. The molecule has 3 rings (SSSR count). The van der Waals surface area contributed by atoms with Gasteiger partial charge in [0, 0.05) is 12.5 Å². The molecule has 9 heteroatoms. The molecule has 1 N–H and O–H groups in total. The van der Waals surface area contributed by atoms with Gasteiger partial charge in [0.1, 0.15) is 29.7 Å². The Bertz CT molecular complexity index is 963. The molecule has 130 valence electrons. The van der Waals surface area contributed by atoms with E-state index in [4.69, 9.17) is 33.0 Å². The second kappa shape index (κ2) is 7.62. The molecule has 0 spiro atoms. The molecule has 0 aliphatic rings. The van der Waals surface area contributed by atoms with E-state index in [0.29, 0.717) is 28.5 Å². The summed E-state index contributed by atoms with van der Waals surface area (Å²) < 4.78 is 26.2. The Labute approximate surface area is 152 Å². The SMILES string of the molecule is CCc1n[nH]c(=S)n1/N=C\c1ccc(COc2ccc(F)c(Cl)c2)o1. The van der Waals surface area contributed by atoms with Gasteiger partial charge in [-0.05, 0) is 36.5 Å². The van der Waals surface area contributed by atoms with Gasteiger partial charge in [-0.3, -0.25) is 5.10 Å². The predicted octanol–water partition coefficient (Wildman–Crippen LogP) is 4.35. The molecule has 0 unspecified atom stereocenters. The molecule has 0 aliphatic carbocycles. The van der Waals surface area contributed by atoms with Gasteiger partial charge in [-0.1, -0.05) is 18.5 Å². The van der Waals surface area contributed by atoms with E-state index < -0.39 is 5.82 Å². The summed E-state index contributed by atoms with van der Waals surface area (Å²) in [6.07, 6.45) is 2.24. The van der Waals surface area contributed by atoms with E-state index in [1.165, 1.54) is 22.9 Å². The Morgan fingerprint density at radius 3 is 3.04 bits per heavy atom. The zero-order chi connectivity index (χ0) is 17.8. The second-order valence-corrected chi connectivity index (χ2v) is 5.82. The highest BCUT2D eigenvalue weighted by Gasteiger charge is 2.06. The topological polar surface area (TPSA) is 68.3 Å². The summed E-state index contributed by atoms with van der Waals surface area (Å²) in [6, 6.07) is 7.68. The Balaban J connectivity index is 1.66. The van der Waals surface area contributed by atoms with Gasteiger partial charge in [0.15, 0.2) is 5.82 Å². The molecule has 0 amide bonds. The second-order valence-electron chi connectivity index (χ2n) is 5.02.